The Hall–Kier alpha value is -2.01. The van der Waals surface area contributed by atoms with Gasteiger partial charge in [-0.1, -0.05) is 6.07 Å². The summed E-state index contributed by atoms with van der Waals surface area (Å²) in [6.45, 7) is 1.45. The van der Waals surface area contributed by atoms with E-state index in [1.165, 1.54) is 6.92 Å². The maximum absolute atomic E-state index is 12.1. The quantitative estimate of drug-likeness (QED) is 0.931. The van der Waals surface area contributed by atoms with Gasteiger partial charge in [-0.25, -0.2) is 0 Å². The molecule has 0 aliphatic heterocycles. The van der Waals surface area contributed by atoms with Crippen LogP contribution in [0.25, 0.3) is 0 Å². The Morgan fingerprint density at radius 3 is 2.53 bits per heavy atom. The van der Waals surface area contributed by atoms with Gasteiger partial charge in [-0.15, -0.1) is 0 Å². The molecule has 0 aliphatic rings. The second kappa shape index (κ2) is 6.24. The highest BCUT2D eigenvalue weighted by Crippen LogP contribution is 2.15. The van der Waals surface area contributed by atoms with Crippen LogP contribution in [0.3, 0.4) is 0 Å². The summed E-state index contributed by atoms with van der Waals surface area (Å²) in [6.07, 6.45) is 1.69. The van der Waals surface area contributed by atoms with Gasteiger partial charge in [0, 0.05) is 23.7 Å². The smallest absolute Gasteiger partial charge is 0.221 e. The van der Waals surface area contributed by atoms with E-state index in [1.807, 2.05) is 18.2 Å². The summed E-state index contributed by atoms with van der Waals surface area (Å²) in [7, 11) is -1.13. The topological polar surface area (TPSA) is 59.1 Å². The van der Waals surface area contributed by atoms with Crippen molar-refractivity contribution in [2.24, 2.45) is 0 Å². The zero-order valence-electron chi connectivity index (χ0n) is 10.5. The summed E-state index contributed by atoms with van der Waals surface area (Å²) in [5, 5.41) is 2.67. The summed E-state index contributed by atoms with van der Waals surface area (Å²) in [5.74, 6) is 0.266. The van der Waals surface area contributed by atoms with Crippen LogP contribution in [0.15, 0.2) is 53.6 Å². The van der Waals surface area contributed by atoms with Crippen molar-refractivity contribution >= 4 is 22.4 Å². The number of rotatable bonds is 4. The molecule has 5 heteroatoms. The molecule has 1 unspecified atom stereocenters. The lowest BCUT2D eigenvalue weighted by Gasteiger charge is -2.04. The van der Waals surface area contributed by atoms with Crippen molar-refractivity contribution < 1.29 is 9.00 Å². The second-order valence-electron chi connectivity index (χ2n) is 4.02. The van der Waals surface area contributed by atoms with Crippen molar-refractivity contribution in [1.29, 1.82) is 0 Å². The zero-order chi connectivity index (χ0) is 13.7. The van der Waals surface area contributed by atoms with Crippen molar-refractivity contribution in [3.8, 4) is 0 Å². The summed E-state index contributed by atoms with van der Waals surface area (Å²) in [4.78, 5) is 15.8. The summed E-state index contributed by atoms with van der Waals surface area (Å²) in [6, 6.07) is 12.5. The molecule has 1 amide bonds. The lowest BCUT2D eigenvalue weighted by molar-refractivity contribution is -0.114. The number of nitrogens with zero attached hydrogens (tertiary/aromatic N) is 1. The third-order valence-corrected chi connectivity index (χ3v) is 3.80. The number of carbonyl (C=O) groups is 1. The van der Waals surface area contributed by atoms with Crippen LogP contribution in [0, 0.1) is 0 Å². The van der Waals surface area contributed by atoms with Crippen LogP contribution in [0.4, 0.5) is 5.69 Å². The fraction of sp³-hybridized carbons (Fsp3) is 0.143. The first-order valence-corrected chi connectivity index (χ1v) is 7.13. The van der Waals surface area contributed by atoms with Gasteiger partial charge in [-0.2, -0.15) is 0 Å². The first kappa shape index (κ1) is 13.4. The van der Waals surface area contributed by atoms with Gasteiger partial charge in [0.15, 0.2) is 0 Å². The van der Waals surface area contributed by atoms with Gasteiger partial charge >= 0.3 is 0 Å². The predicted octanol–water partition coefficient (Wildman–Crippen LogP) is 2.35. The van der Waals surface area contributed by atoms with Crippen molar-refractivity contribution in [3.05, 3.63) is 54.4 Å². The summed E-state index contributed by atoms with van der Waals surface area (Å²) >= 11 is 0. The number of aromatic nitrogens is 1. The molecule has 0 fully saturated rings. The largest absolute Gasteiger partial charge is 0.326 e. The Balaban J connectivity index is 2.05. The standard InChI is InChI=1S/C14H14N2O2S/c1-11(17)16-12-5-7-14(8-6-12)19(18)10-13-4-2-3-9-15-13/h2-9H,10H2,1H3,(H,16,17). The second-order valence-corrected chi connectivity index (χ2v) is 5.47. The van der Waals surface area contributed by atoms with Gasteiger partial charge in [-0.05, 0) is 36.4 Å². The normalized spacial score (nSPS) is 11.8. The van der Waals surface area contributed by atoms with Crippen LogP contribution in [0.1, 0.15) is 12.6 Å². The number of hydrogen-bond acceptors (Lipinski definition) is 3. The average Bonchev–Trinajstić information content (AvgIpc) is 2.40. The molecule has 1 aromatic heterocycles. The van der Waals surface area contributed by atoms with Crippen LogP contribution < -0.4 is 5.32 Å². The Bertz CT molecular complexity index is 582. The highest BCUT2D eigenvalue weighted by molar-refractivity contribution is 7.84. The number of amides is 1. The summed E-state index contributed by atoms with van der Waals surface area (Å²) in [5.41, 5.74) is 1.50. The molecule has 19 heavy (non-hydrogen) atoms. The number of nitrogens with one attached hydrogen (secondary N) is 1. The van der Waals surface area contributed by atoms with Crippen LogP contribution in [0.2, 0.25) is 0 Å². The van der Waals surface area contributed by atoms with Crippen molar-refractivity contribution in [1.82, 2.24) is 4.98 Å². The first-order chi connectivity index (χ1) is 9.15. The van der Waals surface area contributed by atoms with E-state index in [4.69, 9.17) is 0 Å². The number of anilines is 1. The van der Waals surface area contributed by atoms with Crippen LogP contribution in [0.5, 0.6) is 0 Å². The zero-order valence-corrected chi connectivity index (χ0v) is 11.3. The number of carbonyl (C=O) groups excluding carboxylic acids is 1. The number of pyridine rings is 1. The molecule has 0 saturated carbocycles. The number of benzene rings is 1. The molecule has 98 valence electrons. The maximum atomic E-state index is 12.1. The molecular formula is C14H14N2O2S. The minimum atomic E-state index is -1.13. The SMILES string of the molecule is CC(=O)Nc1ccc(S(=O)Cc2ccccn2)cc1. The average molecular weight is 274 g/mol. The highest BCUT2D eigenvalue weighted by atomic mass is 32.2. The van der Waals surface area contributed by atoms with Gasteiger partial charge in [-0.3, -0.25) is 14.0 Å². The minimum Gasteiger partial charge on any atom is -0.326 e. The van der Waals surface area contributed by atoms with E-state index in [9.17, 15) is 9.00 Å². The molecule has 2 rings (SSSR count). The molecule has 4 nitrogen and oxygen atoms in total. The lowest BCUT2D eigenvalue weighted by Crippen LogP contribution is -2.05. The van der Waals surface area contributed by atoms with Crippen LogP contribution >= 0.6 is 0 Å². The van der Waals surface area contributed by atoms with E-state index in [0.717, 1.165) is 10.6 Å². The van der Waals surface area contributed by atoms with E-state index in [-0.39, 0.29) is 5.91 Å². The molecule has 1 atom stereocenters. The van der Waals surface area contributed by atoms with Gasteiger partial charge in [0.2, 0.25) is 5.91 Å². The monoisotopic (exact) mass is 274 g/mol. The third kappa shape index (κ3) is 3.99. The van der Waals surface area contributed by atoms with E-state index in [0.29, 0.717) is 11.4 Å². The highest BCUT2D eigenvalue weighted by Gasteiger charge is 2.06. The fourth-order valence-electron chi connectivity index (χ4n) is 1.59. The van der Waals surface area contributed by atoms with E-state index < -0.39 is 10.8 Å². The third-order valence-electron chi connectivity index (χ3n) is 2.44. The van der Waals surface area contributed by atoms with Gasteiger partial charge < -0.3 is 5.32 Å². The Labute approximate surface area is 114 Å². The van der Waals surface area contributed by atoms with Crippen LogP contribution in [-0.4, -0.2) is 15.1 Å². The molecule has 1 aromatic carbocycles. The van der Waals surface area contributed by atoms with Gasteiger partial charge in [0.1, 0.15) is 0 Å². The Morgan fingerprint density at radius 2 is 1.95 bits per heavy atom. The van der Waals surface area contributed by atoms with Crippen molar-refractivity contribution in [3.63, 3.8) is 0 Å². The molecule has 0 radical (unpaired) electrons. The molecule has 2 aromatic rings. The lowest BCUT2D eigenvalue weighted by atomic mass is 10.3. The van der Waals surface area contributed by atoms with Crippen molar-refractivity contribution in [2.45, 2.75) is 17.6 Å². The molecule has 0 bridgehead atoms. The van der Waals surface area contributed by atoms with E-state index >= 15 is 0 Å². The van der Waals surface area contributed by atoms with Gasteiger partial charge in [0.25, 0.3) is 0 Å². The first-order valence-electron chi connectivity index (χ1n) is 5.81. The fourth-order valence-corrected chi connectivity index (χ4v) is 2.64. The maximum Gasteiger partial charge on any atom is 0.221 e. The molecule has 0 aliphatic carbocycles. The predicted molar refractivity (Wildman–Crippen MR) is 75.1 cm³/mol. The van der Waals surface area contributed by atoms with E-state index in [1.54, 1.807) is 30.5 Å². The molecule has 1 N–H and O–H groups in total. The number of hydrogen-bond donors (Lipinski definition) is 1. The minimum absolute atomic E-state index is 0.123. The molecule has 1 heterocycles. The molecule has 0 saturated heterocycles. The Morgan fingerprint density at radius 1 is 1.21 bits per heavy atom. The van der Waals surface area contributed by atoms with Crippen molar-refractivity contribution in [2.75, 3.05) is 5.32 Å². The van der Waals surface area contributed by atoms with E-state index in [2.05, 4.69) is 10.3 Å². The molecule has 0 spiro atoms. The van der Waals surface area contributed by atoms with Gasteiger partial charge in [0.05, 0.1) is 22.2 Å². The van der Waals surface area contributed by atoms with Crippen LogP contribution in [-0.2, 0) is 21.3 Å². The molecular weight excluding hydrogens is 260 g/mol. The Kier molecular flexibility index (Phi) is 4.41. The summed E-state index contributed by atoms with van der Waals surface area (Å²) < 4.78 is 12.1.